The molecule has 0 aliphatic carbocycles. The number of nitrogens with zero attached hydrogens (tertiary/aromatic N) is 2. The molecule has 13 heavy (non-hydrogen) atoms. The second-order valence-corrected chi connectivity index (χ2v) is 2.98. The van der Waals surface area contributed by atoms with Crippen molar-refractivity contribution in [2.24, 2.45) is 5.73 Å². The first-order valence-electron chi connectivity index (χ1n) is 4.58. The Kier molecular flexibility index (Phi) is 4.18. The molecule has 0 saturated carbocycles. The van der Waals surface area contributed by atoms with Crippen molar-refractivity contribution in [1.29, 1.82) is 0 Å². The van der Waals surface area contributed by atoms with Gasteiger partial charge in [0.2, 0.25) is 0 Å². The van der Waals surface area contributed by atoms with Gasteiger partial charge in [-0.25, -0.2) is 9.97 Å². The molecule has 0 aliphatic rings. The van der Waals surface area contributed by atoms with Crippen LogP contribution in [0.5, 0.6) is 0 Å². The van der Waals surface area contributed by atoms with Crippen molar-refractivity contribution >= 4 is 5.82 Å². The van der Waals surface area contributed by atoms with Crippen LogP contribution < -0.4 is 11.1 Å². The number of aromatic nitrogens is 2. The number of nitrogens with two attached hydrogens (primary N) is 1. The van der Waals surface area contributed by atoms with Gasteiger partial charge in [-0.3, -0.25) is 0 Å². The highest BCUT2D eigenvalue weighted by molar-refractivity contribution is 5.31. The molecule has 1 aromatic rings. The van der Waals surface area contributed by atoms with Crippen molar-refractivity contribution in [3.63, 3.8) is 0 Å². The van der Waals surface area contributed by atoms with E-state index in [1.54, 1.807) is 6.20 Å². The van der Waals surface area contributed by atoms with Gasteiger partial charge in [0.15, 0.2) is 0 Å². The first kappa shape index (κ1) is 9.92. The predicted octanol–water partition coefficient (Wildman–Crippen LogP) is 1.02. The fourth-order valence-corrected chi connectivity index (χ4v) is 0.985. The van der Waals surface area contributed by atoms with Crippen molar-refractivity contribution in [3.05, 3.63) is 18.6 Å². The minimum absolute atomic E-state index is 0.286. The molecular weight excluding hydrogens is 164 g/mol. The topological polar surface area (TPSA) is 63.8 Å². The average Bonchev–Trinajstić information content (AvgIpc) is 2.19. The molecule has 1 aromatic heterocycles. The summed E-state index contributed by atoms with van der Waals surface area (Å²) in [5, 5.41) is 3.18. The molecule has 0 radical (unpaired) electrons. The highest BCUT2D eigenvalue weighted by atomic mass is 15.0. The summed E-state index contributed by atoms with van der Waals surface area (Å²) in [6, 6.07) is 2.13. The van der Waals surface area contributed by atoms with Crippen LogP contribution in [0.15, 0.2) is 18.6 Å². The van der Waals surface area contributed by atoms with Gasteiger partial charge in [0, 0.05) is 18.8 Å². The van der Waals surface area contributed by atoms with Gasteiger partial charge in [0.05, 0.1) is 0 Å². The highest BCUT2D eigenvalue weighted by Gasteiger charge is 1.98. The van der Waals surface area contributed by atoms with Crippen molar-refractivity contribution in [2.75, 3.05) is 11.9 Å². The third-order valence-corrected chi connectivity index (χ3v) is 1.93. The molecule has 0 bridgehead atoms. The molecule has 72 valence electrons. The van der Waals surface area contributed by atoms with E-state index >= 15 is 0 Å². The third kappa shape index (κ3) is 3.85. The first-order valence-corrected chi connectivity index (χ1v) is 4.58. The van der Waals surface area contributed by atoms with Gasteiger partial charge in [-0.1, -0.05) is 6.92 Å². The molecule has 0 amide bonds. The molecule has 3 N–H and O–H groups in total. The molecule has 4 nitrogen and oxygen atoms in total. The van der Waals surface area contributed by atoms with Crippen LogP contribution in [0.25, 0.3) is 0 Å². The quantitative estimate of drug-likeness (QED) is 0.710. The molecule has 1 unspecified atom stereocenters. The lowest BCUT2D eigenvalue weighted by Crippen LogP contribution is -2.22. The van der Waals surface area contributed by atoms with E-state index in [-0.39, 0.29) is 6.04 Å². The van der Waals surface area contributed by atoms with Crippen molar-refractivity contribution < 1.29 is 0 Å². The minimum atomic E-state index is 0.286. The van der Waals surface area contributed by atoms with Crippen LogP contribution in [0.1, 0.15) is 19.8 Å². The summed E-state index contributed by atoms with van der Waals surface area (Å²) >= 11 is 0. The van der Waals surface area contributed by atoms with Gasteiger partial charge in [-0.15, -0.1) is 0 Å². The van der Waals surface area contributed by atoms with Crippen molar-refractivity contribution in [1.82, 2.24) is 9.97 Å². The van der Waals surface area contributed by atoms with E-state index in [4.69, 9.17) is 5.73 Å². The van der Waals surface area contributed by atoms with Crippen molar-refractivity contribution in [3.8, 4) is 0 Å². The number of nitrogens with one attached hydrogen (secondary N) is 1. The van der Waals surface area contributed by atoms with E-state index in [0.717, 1.165) is 25.2 Å². The number of hydrogen-bond acceptors (Lipinski definition) is 4. The summed E-state index contributed by atoms with van der Waals surface area (Å²) < 4.78 is 0. The van der Waals surface area contributed by atoms with Crippen LogP contribution in [-0.4, -0.2) is 22.6 Å². The lowest BCUT2D eigenvalue weighted by molar-refractivity contribution is 0.613. The molecule has 0 saturated heterocycles. The van der Waals surface area contributed by atoms with Gasteiger partial charge in [0.25, 0.3) is 0 Å². The Bertz CT molecular complexity index is 224. The molecule has 1 atom stereocenters. The summed E-state index contributed by atoms with van der Waals surface area (Å²) in [5.74, 6) is 0.860. The number of hydrogen-bond donors (Lipinski definition) is 2. The zero-order valence-electron chi connectivity index (χ0n) is 7.90. The number of anilines is 1. The van der Waals surface area contributed by atoms with E-state index in [0.29, 0.717) is 0 Å². The van der Waals surface area contributed by atoms with Crippen LogP contribution >= 0.6 is 0 Å². The Labute approximate surface area is 78.6 Å². The van der Waals surface area contributed by atoms with Crippen LogP contribution in [0, 0.1) is 0 Å². The SMILES string of the molecule is CCC(N)CCNc1ccncn1. The van der Waals surface area contributed by atoms with Crippen molar-refractivity contribution in [2.45, 2.75) is 25.8 Å². The first-order chi connectivity index (χ1) is 6.33. The Balaban J connectivity index is 2.20. The molecule has 1 rings (SSSR count). The van der Waals surface area contributed by atoms with Gasteiger partial charge >= 0.3 is 0 Å². The van der Waals surface area contributed by atoms with Gasteiger partial charge in [-0.05, 0) is 18.9 Å². The summed E-state index contributed by atoms with van der Waals surface area (Å²) in [6.07, 6.45) is 5.24. The Hall–Kier alpha value is -1.16. The summed E-state index contributed by atoms with van der Waals surface area (Å²) in [5.41, 5.74) is 5.76. The maximum Gasteiger partial charge on any atom is 0.129 e. The van der Waals surface area contributed by atoms with E-state index in [1.165, 1.54) is 6.33 Å². The molecule has 1 heterocycles. The fourth-order valence-electron chi connectivity index (χ4n) is 0.985. The molecule has 0 fully saturated rings. The predicted molar refractivity (Wildman–Crippen MR) is 53.4 cm³/mol. The summed E-state index contributed by atoms with van der Waals surface area (Å²) in [7, 11) is 0. The van der Waals surface area contributed by atoms with Gasteiger partial charge in [0.1, 0.15) is 12.1 Å². The maximum absolute atomic E-state index is 5.76. The van der Waals surface area contributed by atoms with Crippen LogP contribution in [0.2, 0.25) is 0 Å². The second kappa shape index (κ2) is 5.48. The van der Waals surface area contributed by atoms with E-state index in [1.807, 2.05) is 6.07 Å². The van der Waals surface area contributed by atoms with E-state index < -0.39 is 0 Å². The fraction of sp³-hybridized carbons (Fsp3) is 0.556. The van der Waals surface area contributed by atoms with Gasteiger partial charge in [-0.2, -0.15) is 0 Å². The zero-order chi connectivity index (χ0) is 9.52. The zero-order valence-corrected chi connectivity index (χ0v) is 7.90. The minimum Gasteiger partial charge on any atom is -0.370 e. The Morgan fingerprint density at radius 2 is 2.46 bits per heavy atom. The standard InChI is InChI=1S/C9H16N4/c1-2-8(10)3-6-12-9-4-5-11-7-13-9/h4-5,7-8H,2-3,6,10H2,1H3,(H,11,12,13). The Morgan fingerprint density at radius 1 is 1.62 bits per heavy atom. The lowest BCUT2D eigenvalue weighted by Gasteiger charge is -2.09. The molecule has 4 heteroatoms. The monoisotopic (exact) mass is 180 g/mol. The maximum atomic E-state index is 5.76. The average molecular weight is 180 g/mol. The lowest BCUT2D eigenvalue weighted by atomic mass is 10.2. The van der Waals surface area contributed by atoms with Crippen LogP contribution in [-0.2, 0) is 0 Å². The largest absolute Gasteiger partial charge is 0.370 e. The van der Waals surface area contributed by atoms with Gasteiger partial charge < -0.3 is 11.1 Å². The summed E-state index contributed by atoms with van der Waals surface area (Å²) in [4.78, 5) is 7.87. The number of rotatable bonds is 5. The summed E-state index contributed by atoms with van der Waals surface area (Å²) in [6.45, 7) is 2.96. The molecule has 0 spiro atoms. The molecule has 0 aromatic carbocycles. The third-order valence-electron chi connectivity index (χ3n) is 1.93. The van der Waals surface area contributed by atoms with E-state index in [2.05, 4.69) is 22.2 Å². The van der Waals surface area contributed by atoms with E-state index in [9.17, 15) is 0 Å². The molecule has 0 aliphatic heterocycles. The van der Waals surface area contributed by atoms with Crippen LogP contribution in [0.3, 0.4) is 0 Å². The highest BCUT2D eigenvalue weighted by Crippen LogP contribution is 1.99. The Morgan fingerprint density at radius 3 is 3.08 bits per heavy atom. The smallest absolute Gasteiger partial charge is 0.129 e. The normalized spacial score (nSPS) is 12.5. The second-order valence-electron chi connectivity index (χ2n) is 2.98. The molecular formula is C9H16N4. The van der Waals surface area contributed by atoms with Crippen LogP contribution in [0.4, 0.5) is 5.82 Å².